The standard InChI is InChI=1S/C14H21N3O4/c1-15(9-11-3-2-4-13(11)18)7-8-16-10-12(17(20)21)5-6-14(16)19/h5-6,10-11,13,18H,2-4,7-9H2,1H3. The van der Waals surface area contributed by atoms with Gasteiger partial charge in [-0.05, 0) is 25.8 Å². The molecule has 7 nitrogen and oxygen atoms in total. The summed E-state index contributed by atoms with van der Waals surface area (Å²) < 4.78 is 1.36. The van der Waals surface area contributed by atoms with Gasteiger partial charge in [-0.1, -0.05) is 6.42 Å². The fraction of sp³-hybridized carbons (Fsp3) is 0.643. The van der Waals surface area contributed by atoms with E-state index in [2.05, 4.69) is 4.90 Å². The van der Waals surface area contributed by atoms with Crippen molar-refractivity contribution in [3.05, 3.63) is 38.8 Å². The minimum absolute atomic E-state index is 0.0801. The lowest BCUT2D eigenvalue weighted by Gasteiger charge is -2.23. The van der Waals surface area contributed by atoms with E-state index in [-0.39, 0.29) is 23.3 Å². The Hall–Kier alpha value is -1.73. The van der Waals surface area contributed by atoms with Gasteiger partial charge in [-0.3, -0.25) is 14.9 Å². The number of nitro groups is 1. The quantitative estimate of drug-likeness (QED) is 0.621. The molecule has 1 aliphatic carbocycles. The fourth-order valence-corrected chi connectivity index (χ4v) is 2.80. The minimum atomic E-state index is -0.505. The van der Waals surface area contributed by atoms with Crippen molar-refractivity contribution in [1.82, 2.24) is 9.47 Å². The van der Waals surface area contributed by atoms with E-state index in [1.54, 1.807) is 0 Å². The first-order valence-corrected chi connectivity index (χ1v) is 7.19. The molecule has 116 valence electrons. The SMILES string of the molecule is CN(CCn1cc([N+](=O)[O-])ccc1=O)CC1CCCC1O. The largest absolute Gasteiger partial charge is 0.393 e. The van der Waals surface area contributed by atoms with E-state index in [1.807, 2.05) is 7.05 Å². The Morgan fingerprint density at radius 2 is 2.24 bits per heavy atom. The maximum absolute atomic E-state index is 11.7. The molecule has 1 aliphatic rings. The number of aliphatic hydroxyl groups is 1. The number of rotatable bonds is 6. The van der Waals surface area contributed by atoms with E-state index in [1.165, 1.54) is 22.9 Å². The molecule has 0 saturated heterocycles. The molecule has 1 fully saturated rings. The summed E-state index contributed by atoms with van der Waals surface area (Å²) in [5, 5.41) is 20.5. The van der Waals surface area contributed by atoms with Crippen LogP contribution in [0, 0.1) is 16.0 Å². The molecular formula is C14H21N3O4. The Balaban J connectivity index is 1.91. The molecule has 2 unspecified atom stereocenters. The van der Waals surface area contributed by atoms with E-state index in [0.29, 0.717) is 13.1 Å². The van der Waals surface area contributed by atoms with Gasteiger partial charge in [0, 0.05) is 31.8 Å². The second-order valence-corrected chi connectivity index (χ2v) is 5.70. The molecule has 0 amide bonds. The summed E-state index contributed by atoms with van der Waals surface area (Å²) in [5.74, 6) is 0.289. The molecular weight excluding hydrogens is 274 g/mol. The molecule has 0 aliphatic heterocycles. The van der Waals surface area contributed by atoms with E-state index in [4.69, 9.17) is 0 Å². The molecule has 0 spiro atoms. The predicted molar refractivity (Wildman–Crippen MR) is 78.2 cm³/mol. The van der Waals surface area contributed by atoms with Crippen molar-refractivity contribution in [2.24, 2.45) is 5.92 Å². The summed E-state index contributed by atoms with van der Waals surface area (Å²) in [6, 6.07) is 2.44. The highest BCUT2D eigenvalue weighted by molar-refractivity contribution is 5.24. The van der Waals surface area contributed by atoms with Gasteiger partial charge in [0.05, 0.1) is 17.2 Å². The summed E-state index contributed by atoms with van der Waals surface area (Å²) in [6.07, 6.45) is 4.00. The predicted octanol–water partition coefficient (Wildman–Crippen LogP) is 0.849. The first-order chi connectivity index (χ1) is 9.97. The van der Waals surface area contributed by atoms with Gasteiger partial charge in [0.15, 0.2) is 0 Å². The summed E-state index contributed by atoms with van der Waals surface area (Å²) in [6.45, 7) is 1.80. The van der Waals surface area contributed by atoms with Crippen LogP contribution < -0.4 is 5.56 Å². The van der Waals surface area contributed by atoms with Crippen LogP contribution in [0.4, 0.5) is 5.69 Å². The van der Waals surface area contributed by atoms with Crippen molar-refractivity contribution in [2.45, 2.75) is 31.9 Å². The molecule has 2 atom stereocenters. The molecule has 1 N–H and O–H groups in total. The summed E-state index contributed by atoms with van der Waals surface area (Å²) in [4.78, 5) is 24.0. The number of nitrogens with zero attached hydrogens (tertiary/aromatic N) is 3. The average Bonchev–Trinajstić information content (AvgIpc) is 2.83. The topological polar surface area (TPSA) is 88.6 Å². The van der Waals surface area contributed by atoms with Crippen LogP contribution in [-0.4, -0.2) is 45.7 Å². The Morgan fingerprint density at radius 3 is 2.86 bits per heavy atom. The van der Waals surface area contributed by atoms with Gasteiger partial charge in [-0.25, -0.2) is 0 Å². The molecule has 0 bridgehead atoms. The smallest absolute Gasteiger partial charge is 0.285 e. The maximum Gasteiger partial charge on any atom is 0.285 e. The van der Waals surface area contributed by atoms with Crippen LogP contribution in [0.25, 0.3) is 0 Å². The van der Waals surface area contributed by atoms with Crippen LogP contribution in [0.2, 0.25) is 0 Å². The third kappa shape index (κ3) is 4.12. The second-order valence-electron chi connectivity index (χ2n) is 5.70. The van der Waals surface area contributed by atoms with Crippen LogP contribution in [-0.2, 0) is 6.54 Å². The molecule has 1 aromatic heterocycles. The lowest BCUT2D eigenvalue weighted by Crippen LogP contribution is -2.33. The van der Waals surface area contributed by atoms with E-state index >= 15 is 0 Å². The molecule has 1 aromatic rings. The van der Waals surface area contributed by atoms with E-state index in [9.17, 15) is 20.0 Å². The highest BCUT2D eigenvalue weighted by atomic mass is 16.6. The molecule has 0 aromatic carbocycles. The molecule has 1 saturated carbocycles. The van der Waals surface area contributed by atoms with Crippen LogP contribution in [0.15, 0.2) is 23.1 Å². The monoisotopic (exact) mass is 295 g/mol. The van der Waals surface area contributed by atoms with Crippen molar-refractivity contribution < 1.29 is 10.0 Å². The van der Waals surface area contributed by atoms with Crippen molar-refractivity contribution in [3.63, 3.8) is 0 Å². The first kappa shape index (κ1) is 15.7. The normalized spacial score (nSPS) is 21.9. The lowest BCUT2D eigenvalue weighted by atomic mass is 10.1. The van der Waals surface area contributed by atoms with Crippen molar-refractivity contribution in [1.29, 1.82) is 0 Å². The zero-order valence-corrected chi connectivity index (χ0v) is 12.1. The minimum Gasteiger partial charge on any atom is -0.393 e. The van der Waals surface area contributed by atoms with Crippen molar-refractivity contribution in [3.8, 4) is 0 Å². The summed E-state index contributed by atoms with van der Waals surface area (Å²) >= 11 is 0. The Morgan fingerprint density at radius 1 is 1.48 bits per heavy atom. The van der Waals surface area contributed by atoms with Gasteiger partial charge in [0.2, 0.25) is 0 Å². The average molecular weight is 295 g/mol. The highest BCUT2D eigenvalue weighted by Gasteiger charge is 2.25. The fourth-order valence-electron chi connectivity index (χ4n) is 2.80. The summed E-state index contributed by atoms with van der Waals surface area (Å²) in [5.41, 5.74) is -0.321. The van der Waals surface area contributed by atoms with Gasteiger partial charge >= 0.3 is 0 Å². The van der Waals surface area contributed by atoms with Crippen LogP contribution >= 0.6 is 0 Å². The number of likely N-dealkylation sites (N-methyl/N-ethyl adjacent to an activating group) is 1. The molecule has 0 radical (unpaired) electrons. The number of hydrogen-bond acceptors (Lipinski definition) is 5. The van der Waals surface area contributed by atoms with E-state index < -0.39 is 4.92 Å². The molecule has 1 heterocycles. The van der Waals surface area contributed by atoms with Gasteiger partial charge in [0.1, 0.15) is 0 Å². The second kappa shape index (κ2) is 6.82. The zero-order chi connectivity index (χ0) is 15.4. The van der Waals surface area contributed by atoms with E-state index in [0.717, 1.165) is 25.8 Å². The highest BCUT2D eigenvalue weighted by Crippen LogP contribution is 2.25. The van der Waals surface area contributed by atoms with Crippen molar-refractivity contribution >= 4 is 5.69 Å². The zero-order valence-electron chi connectivity index (χ0n) is 12.1. The molecule has 7 heteroatoms. The van der Waals surface area contributed by atoms with Gasteiger partial charge < -0.3 is 14.6 Å². The summed E-state index contributed by atoms with van der Waals surface area (Å²) in [7, 11) is 1.94. The van der Waals surface area contributed by atoms with Crippen molar-refractivity contribution in [2.75, 3.05) is 20.1 Å². The van der Waals surface area contributed by atoms with Crippen LogP contribution in [0.5, 0.6) is 0 Å². The van der Waals surface area contributed by atoms with Crippen LogP contribution in [0.3, 0.4) is 0 Å². The number of aliphatic hydroxyl groups excluding tert-OH is 1. The molecule has 21 heavy (non-hydrogen) atoms. The lowest BCUT2D eigenvalue weighted by molar-refractivity contribution is -0.385. The number of aromatic nitrogens is 1. The van der Waals surface area contributed by atoms with Gasteiger partial charge in [0.25, 0.3) is 11.2 Å². The Kier molecular flexibility index (Phi) is 5.08. The first-order valence-electron chi connectivity index (χ1n) is 7.19. The third-order valence-corrected chi connectivity index (χ3v) is 4.07. The Bertz CT molecular complexity index is 557. The Labute approximate surface area is 123 Å². The van der Waals surface area contributed by atoms with Gasteiger partial charge in [-0.2, -0.15) is 0 Å². The maximum atomic E-state index is 11.7. The van der Waals surface area contributed by atoms with Gasteiger partial charge in [-0.15, -0.1) is 0 Å². The number of pyridine rings is 1. The van der Waals surface area contributed by atoms with Crippen LogP contribution in [0.1, 0.15) is 19.3 Å². The third-order valence-electron chi connectivity index (χ3n) is 4.07. The number of hydrogen-bond donors (Lipinski definition) is 1. The molecule has 2 rings (SSSR count).